The van der Waals surface area contributed by atoms with E-state index in [-0.39, 0.29) is 0 Å². The van der Waals surface area contributed by atoms with Crippen molar-refractivity contribution in [2.24, 2.45) is 0 Å². The molecule has 0 radical (unpaired) electrons. The maximum absolute atomic E-state index is 4.90. The second-order valence-corrected chi connectivity index (χ2v) is 7.41. The molecule has 3 nitrogen and oxygen atoms in total. The van der Waals surface area contributed by atoms with E-state index in [1.807, 2.05) is 16.8 Å². The molecular weight excluding hydrogens is 298 g/mol. The maximum atomic E-state index is 4.90. The number of fused-ring (bicyclic) bond motifs is 1. The fourth-order valence-electron chi connectivity index (χ4n) is 3.19. The smallest absolute Gasteiger partial charge is 0.151 e. The van der Waals surface area contributed by atoms with Gasteiger partial charge in [-0.25, -0.2) is 9.97 Å². The van der Waals surface area contributed by atoms with Gasteiger partial charge in [-0.05, 0) is 25.0 Å². The average Bonchev–Trinajstić information content (AvgIpc) is 3.16. The number of nitrogens with zero attached hydrogens (tertiary/aromatic N) is 2. The molecule has 1 aromatic carbocycles. The van der Waals surface area contributed by atoms with E-state index < -0.39 is 0 Å². The van der Waals surface area contributed by atoms with Crippen LogP contribution in [0.1, 0.15) is 36.0 Å². The lowest BCUT2D eigenvalue weighted by atomic mass is 10.0. The summed E-state index contributed by atoms with van der Waals surface area (Å²) < 4.78 is 1.31. The summed E-state index contributed by atoms with van der Waals surface area (Å²) in [6.45, 7) is 2.27. The molecule has 108 valence electrons. The van der Waals surface area contributed by atoms with Crippen LogP contribution in [-0.4, -0.2) is 16.5 Å². The number of hydrogen-bond donors (Lipinski definition) is 1. The van der Waals surface area contributed by atoms with E-state index in [2.05, 4.69) is 34.6 Å². The summed E-state index contributed by atoms with van der Waals surface area (Å²) in [6.07, 6.45) is 3.89. The minimum atomic E-state index is 0.540. The Hall–Kier alpha value is -1.30. The van der Waals surface area contributed by atoms with E-state index in [9.17, 15) is 0 Å². The van der Waals surface area contributed by atoms with Gasteiger partial charge in [-0.3, -0.25) is 0 Å². The van der Waals surface area contributed by atoms with Crippen molar-refractivity contribution in [3.8, 4) is 0 Å². The van der Waals surface area contributed by atoms with E-state index in [1.165, 1.54) is 41.2 Å². The first-order valence-corrected chi connectivity index (χ1v) is 9.23. The van der Waals surface area contributed by atoms with E-state index in [0.29, 0.717) is 6.04 Å². The predicted molar refractivity (Wildman–Crippen MR) is 87.9 cm³/mol. The predicted octanol–water partition coefficient (Wildman–Crippen LogP) is 3.06. The largest absolute Gasteiger partial charge is 0.322 e. The number of aromatic nitrogens is 2. The zero-order valence-electron chi connectivity index (χ0n) is 11.8. The number of piperidine rings is 1. The van der Waals surface area contributed by atoms with Crippen molar-refractivity contribution in [1.29, 1.82) is 0 Å². The monoisotopic (exact) mass is 316 g/mol. The molecule has 0 aliphatic carbocycles. The molecular formula is C16H18N3S2+. The van der Waals surface area contributed by atoms with Crippen molar-refractivity contribution in [3.63, 3.8) is 0 Å². The minimum Gasteiger partial charge on any atom is -0.322 e. The van der Waals surface area contributed by atoms with Crippen molar-refractivity contribution in [1.82, 2.24) is 9.97 Å². The third kappa shape index (κ3) is 2.73. The lowest BCUT2D eigenvalue weighted by molar-refractivity contribution is -0.950. The van der Waals surface area contributed by atoms with Crippen LogP contribution in [0.5, 0.6) is 0 Å². The van der Waals surface area contributed by atoms with E-state index in [1.54, 1.807) is 16.2 Å². The number of benzene rings is 1. The molecule has 1 N–H and O–H groups in total. The molecule has 1 fully saturated rings. The van der Waals surface area contributed by atoms with Gasteiger partial charge in [-0.2, -0.15) is 0 Å². The molecule has 3 heterocycles. The summed E-state index contributed by atoms with van der Waals surface area (Å²) in [7, 11) is 0. The Morgan fingerprint density at radius 3 is 3.05 bits per heavy atom. The van der Waals surface area contributed by atoms with Crippen LogP contribution in [0.2, 0.25) is 0 Å². The van der Waals surface area contributed by atoms with E-state index in [0.717, 1.165) is 12.1 Å². The first-order chi connectivity index (χ1) is 10.4. The normalized spacial score (nSPS) is 22.7. The summed E-state index contributed by atoms with van der Waals surface area (Å²) in [5, 5.41) is 3.48. The fraction of sp³-hybridized carbons (Fsp3) is 0.375. The Balaban J connectivity index is 1.63. The number of rotatable bonds is 3. The van der Waals surface area contributed by atoms with E-state index >= 15 is 0 Å². The molecule has 0 saturated carbocycles. The number of para-hydroxylation sites is 1. The van der Waals surface area contributed by atoms with Gasteiger partial charge < -0.3 is 4.90 Å². The summed E-state index contributed by atoms with van der Waals surface area (Å²) in [6, 6.07) is 9.02. The Kier molecular flexibility index (Phi) is 3.71. The first-order valence-electron chi connectivity index (χ1n) is 7.47. The Morgan fingerprint density at radius 1 is 1.24 bits per heavy atom. The first kappa shape index (κ1) is 13.4. The molecule has 5 heteroatoms. The van der Waals surface area contributed by atoms with Crippen molar-refractivity contribution >= 4 is 32.9 Å². The van der Waals surface area contributed by atoms with Gasteiger partial charge in [0.15, 0.2) is 5.01 Å². The summed E-state index contributed by atoms with van der Waals surface area (Å²) >= 11 is 3.56. The van der Waals surface area contributed by atoms with Crippen LogP contribution in [0.15, 0.2) is 35.2 Å². The molecule has 3 aromatic rings. The quantitative estimate of drug-likeness (QED) is 0.805. The molecule has 0 bridgehead atoms. The standard InChI is InChI=1S/C16H17N3S2/c1-2-7-15-13(5-1)18-16(21-15)14-6-3-4-8-19(14)9-12-10-20-11-17-12/h1-2,5,7,10-11,14H,3-4,6,8-9H2/p+1/t14-/m1/s1. The molecule has 1 aliphatic heterocycles. The van der Waals surface area contributed by atoms with Crippen LogP contribution in [-0.2, 0) is 6.54 Å². The topological polar surface area (TPSA) is 30.2 Å². The van der Waals surface area contributed by atoms with Crippen LogP contribution in [0.3, 0.4) is 0 Å². The number of thiazole rings is 2. The minimum absolute atomic E-state index is 0.540. The molecule has 21 heavy (non-hydrogen) atoms. The van der Waals surface area contributed by atoms with Gasteiger partial charge >= 0.3 is 0 Å². The van der Waals surface area contributed by atoms with Gasteiger partial charge in [0.2, 0.25) is 0 Å². The van der Waals surface area contributed by atoms with Crippen LogP contribution in [0, 0.1) is 0 Å². The fourth-order valence-corrected chi connectivity index (χ4v) is 4.90. The average molecular weight is 316 g/mol. The maximum Gasteiger partial charge on any atom is 0.151 e. The summed E-state index contributed by atoms with van der Waals surface area (Å²) in [5.74, 6) is 0. The van der Waals surface area contributed by atoms with Crippen molar-refractivity contribution in [2.75, 3.05) is 6.54 Å². The van der Waals surface area contributed by atoms with Crippen LogP contribution >= 0.6 is 22.7 Å². The molecule has 0 spiro atoms. The summed E-state index contributed by atoms with van der Waals surface area (Å²) in [5.41, 5.74) is 4.31. The van der Waals surface area contributed by atoms with Gasteiger partial charge in [0.05, 0.1) is 22.3 Å². The third-order valence-corrected chi connectivity index (χ3v) is 6.02. The molecule has 2 atom stereocenters. The second-order valence-electron chi connectivity index (χ2n) is 5.63. The molecule has 1 aliphatic rings. The van der Waals surface area contributed by atoms with Crippen molar-refractivity contribution in [2.45, 2.75) is 31.8 Å². The Morgan fingerprint density at radius 2 is 2.19 bits per heavy atom. The zero-order valence-corrected chi connectivity index (χ0v) is 13.4. The van der Waals surface area contributed by atoms with Crippen LogP contribution < -0.4 is 4.90 Å². The number of likely N-dealkylation sites (tertiary alicyclic amines) is 1. The SMILES string of the molecule is c1ccc2sc([C@H]3CCCC[NH+]3Cc3cscn3)nc2c1. The van der Waals surface area contributed by atoms with Crippen LogP contribution in [0.25, 0.3) is 10.2 Å². The Bertz CT molecular complexity index is 687. The lowest BCUT2D eigenvalue weighted by Crippen LogP contribution is -3.11. The van der Waals surface area contributed by atoms with Crippen molar-refractivity contribution in [3.05, 3.63) is 45.9 Å². The lowest BCUT2D eigenvalue weighted by Gasteiger charge is -2.30. The van der Waals surface area contributed by atoms with Crippen LogP contribution in [0.4, 0.5) is 0 Å². The molecule has 0 amide bonds. The molecule has 2 aromatic heterocycles. The van der Waals surface area contributed by atoms with Crippen molar-refractivity contribution < 1.29 is 4.90 Å². The van der Waals surface area contributed by atoms with Gasteiger partial charge in [-0.1, -0.05) is 12.1 Å². The third-order valence-electron chi connectivity index (χ3n) is 4.23. The highest BCUT2D eigenvalue weighted by atomic mass is 32.1. The highest BCUT2D eigenvalue weighted by molar-refractivity contribution is 7.18. The number of quaternary nitrogens is 1. The van der Waals surface area contributed by atoms with E-state index in [4.69, 9.17) is 4.98 Å². The highest BCUT2D eigenvalue weighted by Gasteiger charge is 2.30. The number of nitrogens with one attached hydrogen (secondary N) is 1. The van der Waals surface area contributed by atoms with Gasteiger partial charge in [0.25, 0.3) is 0 Å². The van der Waals surface area contributed by atoms with Gasteiger partial charge in [0, 0.05) is 11.8 Å². The molecule has 1 unspecified atom stereocenters. The zero-order chi connectivity index (χ0) is 14.1. The highest BCUT2D eigenvalue weighted by Crippen LogP contribution is 2.28. The molecule has 1 saturated heterocycles. The van der Waals surface area contributed by atoms with Gasteiger partial charge in [0.1, 0.15) is 18.3 Å². The molecule has 4 rings (SSSR count). The van der Waals surface area contributed by atoms with Gasteiger partial charge in [-0.15, -0.1) is 22.7 Å². The summed E-state index contributed by atoms with van der Waals surface area (Å²) in [4.78, 5) is 11.0. The second kappa shape index (κ2) is 5.83. The Labute approximate surface area is 132 Å². The number of hydrogen-bond acceptors (Lipinski definition) is 4.